The molecule has 0 aromatic heterocycles. The van der Waals surface area contributed by atoms with E-state index in [0.717, 1.165) is 17.8 Å². The van der Waals surface area contributed by atoms with E-state index >= 15 is 0 Å². The molecule has 0 aliphatic heterocycles. The first kappa shape index (κ1) is 12.2. The smallest absolute Gasteiger partial charge is 0.0297 e. The highest BCUT2D eigenvalue weighted by Gasteiger charge is 2.39. The van der Waals surface area contributed by atoms with Crippen LogP contribution in [0.3, 0.4) is 0 Å². The molecule has 2 aliphatic carbocycles. The molecular weight excluding hydrogens is 218 g/mol. The van der Waals surface area contributed by atoms with E-state index in [0.29, 0.717) is 0 Å². The van der Waals surface area contributed by atoms with Gasteiger partial charge in [-0.15, -0.1) is 0 Å². The van der Waals surface area contributed by atoms with Gasteiger partial charge in [-0.2, -0.15) is 0 Å². The third-order valence-corrected chi connectivity index (χ3v) is 5.11. The summed E-state index contributed by atoms with van der Waals surface area (Å²) < 4.78 is 0. The summed E-state index contributed by atoms with van der Waals surface area (Å²) in [6.45, 7) is 4.33. The van der Waals surface area contributed by atoms with Crippen molar-refractivity contribution in [1.29, 1.82) is 0 Å². The van der Waals surface area contributed by atoms with Gasteiger partial charge in [-0.1, -0.05) is 35.7 Å². The summed E-state index contributed by atoms with van der Waals surface area (Å²) in [4.78, 5) is 0. The number of aryl methyl sites for hydroxylation is 2. The summed E-state index contributed by atoms with van der Waals surface area (Å²) in [5.74, 6) is 2.93. The van der Waals surface area contributed by atoms with Crippen LogP contribution in [0.15, 0.2) is 18.2 Å². The van der Waals surface area contributed by atoms with Crippen LogP contribution >= 0.6 is 0 Å². The minimum absolute atomic E-state index is 0.243. The highest BCUT2D eigenvalue weighted by molar-refractivity contribution is 5.30. The summed E-state index contributed by atoms with van der Waals surface area (Å²) in [6, 6.07) is 7.01. The van der Waals surface area contributed by atoms with Crippen LogP contribution in [-0.4, -0.2) is 0 Å². The van der Waals surface area contributed by atoms with E-state index in [4.69, 9.17) is 5.73 Å². The van der Waals surface area contributed by atoms with Gasteiger partial charge in [0.1, 0.15) is 0 Å². The van der Waals surface area contributed by atoms with Gasteiger partial charge in [0.15, 0.2) is 0 Å². The molecule has 1 aromatic carbocycles. The molecule has 4 unspecified atom stereocenters. The van der Waals surface area contributed by atoms with E-state index in [2.05, 4.69) is 32.0 Å². The highest BCUT2D eigenvalue weighted by atomic mass is 14.6. The van der Waals surface area contributed by atoms with Gasteiger partial charge in [-0.3, -0.25) is 0 Å². The topological polar surface area (TPSA) is 26.0 Å². The summed E-state index contributed by atoms with van der Waals surface area (Å²) in [6.07, 6.45) is 7.09. The van der Waals surface area contributed by atoms with Gasteiger partial charge in [-0.25, -0.2) is 0 Å². The summed E-state index contributed by atoms with van der Waals surface area (Å²) in [7, 11) is 0. The number of hydrogen-bond acceptors (Lipinski definition) is 1. The summed E-state index contributed by atoms with van der Waals surface area (Å²) in [5, 5.41) is 0. The van der Waals surface area contributed by atoms with E-state index in [-0.39, 0.29) is 6.04 Å². The van der Waals surface area contributed by atoms with E-state index in [1.807, 2.05) is 0 Å². The van der Waals surface area contributed by atoms with Gasteiger partial charge in [0.25, 0.3) is 0 Å². The van der Waals surface area contributed by atoms with Crippen molar-refractivity contribution >= 4 is 0 Å². The van der Waals surface area contributed by atoms with E-state index in [1.165, 1.54) is 48.8 Å². The maximum Gasteiger partial charge on any atom is 0.0297 e. The van der Waals surface area contributed by atoms with Crippen LogP contribution in [0.1, 0.15) is 54.8 Å². The maximum atomic E-state index is 6.44. The number of benzene rings is 1. The molecule has 0 radical (unpaired) electrons. The average molecular weight is 243 g/mol. The fraction of sp³-hybridized carbons (Fsp3) is 0.647. The largest absolute Gasteiger partial charge is 0.324 e. The van der Waals surface area contributed by atoms with Crippen LogP contribution < -0.4 is 5.73 Å². The van der Waals surface area contributed by atoms with Gasteiger partial charge in [0, 0.05) is 6.04 Å². The van der Waals surface area contributed by atoms with Crippen LogP contribution in [0, 0.1) is 31.6 Å². The molecular formula is C17H25N. The van der Waals surface area contributed by atoms with E-state index in [1.54, 1.807) is 0 Å². The average Bonchev–Trinajstić information content (AvgIpc) is 2.89. The molecule has 1 aromatic rings. The number of fused-ring (bicyclic) bond motifs is 2. The zero-order valence-corrected chi connectivity index (χ0v) is 11.7. The maximum absolute atomic E-state index is 6.44. The summed E-state index contributed by atoms with van der Waals surface area (Å²) >= 11 is 0. The Morgan fingerprint density at radius 3 is 2.39 bits per heavy atom. The van der Waals surface area contributed by atoms with Crippen LogP contribution in [0.5, 0.6) is 0 Å². The molecule has 0 saturated heterocycles. The monoisotopic (exact) mass is 243 g/mol. The Bertz CT molecular complexity index is 417. The molecule has 4 atom stereocenters. The minimum Gasteiger partial charge on any atom is -0.324 e. The Labute approximate surface area is 111 Å². The first-order valence-electron chi connectivity index (χ1n) is 7.45. The fourth-order valence-corrected chi connectivity index (χ4v) is 4.35. The predicted octanol–water partition coefficient (Wildman–Crippen LogP) is 4.13. The van der Waals surface area contributed by atoms with Crippen molar-refractivity contribution in [2.24, 2.45) is 23.5 Å². The molecule has 2 aliphatic rings. The second-order valence-electron chi connectivity index (χ2n) is 6.70. The molecule has 0 heterocycles. The molecule has 2 fully saturated rings. The van der Waals surface area contributed by atoms with Crippen LogP contribution in [0.2, 0.25) is 0 Å². The third kappa shape index (κ3) is 2.33. The second kappa shape index (κ2) is 4.70. The normalized spacial score (nSPS) is 31.8. The molecule has 2 N–H and O–H groups in total. The fourth-order valence-electron chi connectivity index (χ4n) is 4.35. The molecule has 18 heavy (non-hydrogen) atoms. The van der Waals surface area contributed by atoms with E-state index < -0.39 is 0 Å². The predicted molar refractivity (Wildman–Crippen MR) is 76.4 cm³/mol. The second-order valence-corrected chi connectivity index (χ2v) is 6.70. The lowest BCUT2D eigenvalue weighted by atomic mass is 9.82. The first-order chi connectivity index (χ1) is 8.61. The van der Waals surface area contributed by atoms with Crippen molar-refractivity contribution in [3.63, 3.8) is 0 Å². The lowest BCUT2D eigenvalue weighted by Gasteiger charge is -2.25. The Hall–Kier alpha value is -0.820. The van der Waals surface area contributed by atoms with Crippen LogP contribution in [0.4, 0.5) is 0 Å². The zero-order chi connectivity index (χ0) is 12.7. The van der Waals surface area contributed by atoms with Crippen molar-refractivity contribution < 1.29 is 0 Å². The molecule has 1 nitrogen and oxygen atoms in total. The van der Waals surface area contributed by atoms with Gasteiger partial charge in [0.2, 0.25) is 0 Å². The SMILES string of the molecule is Cc1cc(C)cc(C(N)CC2CC3CCC2C3)c1. The van der Waals surface area contributed by atoms with Crippen molar-refractivity contribution in [2.45, 2.75) is 52.0 Å². The summed E-state index contributed by atoms with van der Waals surface area (Å²) in [5.41, 5.74) is 10.5. The Balaban J connectivity index is 1.69. The lowest BCUT2D eigenvalue weighted by Crippen LogP contribution is -2.19. The van der Waals surface area contributed by atoms with Gasteiger partial charge in [-0.05, 0) is 62.8 Å². The standard InChI is InChI=1S/C17H25N/c1-11-5-12(2)7-16(6-11)17(18)10-15-9-13-3-4-14(15)8-13/h5-7,13-15,17H,3-4,8-10,18H2,1-2H3. The van der Waals surface area contributed by atoms with Gasteiger partial charge < -0.3 is 5.73 Å². The van der Waals surface area contributed by atoms with Crippen molar-refractivity contribution in [3.8, 4) is 0 Å². The zero-order valence-electron chi connectivity index (χ0n) is 11.7. The number of nitrogens with two attached hydrogens (primary N) is 1. The molecule has 0 spiro atoms. The van der Waals surface area contributed by atoms with Crippen molar-refractivity contribution in [1.82, 2.24) is 0 Å². The Kier molecular flexibility index (Phi) is 3.19. The van der Waals surface area contributed by atoms with Crippen LogP contribution in [-0.2, 0) is 0 Å². The Morgan fingerprint density at radius 2 is 1.83 bits per heavy atom. The Morgan fingerprint density at radius 1 is 1.11 bits per heavy atom. The first-order valence-corrected chi connectivity index (χ1v) is 7.45. The number of rotatable bonds is 3. The quantitative estimate of drug-likeness (QED) is 0.848. The van der Waals surface area contributed by atoms with Crippen molar-refractivity contribution in [3.05, 3.63) is 34.9 Å². The minimum atomic E-state index is 0.243. The molecule has 1 heteroatoms. The lowest BCUT2D eigenvalue weighted by molar-refractivity contribution is 0.296. The highest BCUT2D eigenvalue weighted by Crippen LogP contribution is 2.50. The molecule has 2 saturated carbocycles. The molecule has 98 valence electrons. The molecule has 0 amide bonds. The van der Waals surface area contributed by atoms with E-state index in [9.17, 15) is 0 Å². The molecule has 3 rings (SSSR count). The van der Waals surface area contributed by atoms with Crippen molar-refractivity contribution in [2.75, 3.05) is 0 Å². The van der Waals surface area contributed by atoms with Crippen LogP contribution in [0.25, 0.3) is 0 Å². The number of hydrogen-bond donors (Lipinski definition) is 1. The third-order valence-electron chi connectivity index (χ3n) is 5.11. The van der Waals surface area contributed by atoms with Gasteiger partial charge in [0.05, 0.1) is 0 Å². The molecule has 2 bridgehead atoms. The van der Waals surface area contributed by atoms with Gasteiger partial charge >= 0.3 is 0 Å².